The predicted octanol–water partition coefficient (Wildman–Crippen LogP) is 3.52. The molecule has 1 N–H and O–H groups in total. The lowest BCUT2D eigenvalue weighted by Crippen LogP contribution is -1.90. The van der Waals surface area contributed by atoms with Gasteiger partial charge in [0.1, 0.15) is 5.75 Å². The van der Waals surface area contributed by atoms with Crippen molar-refractivity contribution in [3.8, 4) is 28.3 Å². The number of nitrogens with zero attached hydrogens (tertiary/aromatic N) is 2. The lowest BCUT2D eigenvalue weighted by atomic mass is 10.00. The molecule has 0 unspecified atom stereocenters. The molecule has 0 aliphatic heterocycles. The van der Waals surface area contributed by atoms with E-state index in [2.05, 4.69) is 9.97 Å². The lowest BCUT2D eigenvalue weighted by Gasteiger charge is -2.10. The molecule has 0 fully saturated rings. The van der Waals surface area contributed by atoms with Crippen LogP contribution in [-0.4, -0.2) is 15.1 Å². The van der Waals surface area contributed by atoms with Crippen molar-refractivity contribution in [2.75, 3.05) is 0 Å². The van der Waals surface area contributed by atoms with Gasteiger partial charge in [0, 0.05) is 18.0 Å². The van der Waals surface area contributed by atoms with Gasteiger partial charge in [0.2, 0.25) is 0 Å². The van der Waals surface area contributed by atoms with Gasteiger partial charge in [-0.3, -0.25) is 9.97 Å². The average Bonchev–Trinajstić information content (AvgIpc) is 2.49. The Morgan fingerprint density at radius 3 is 2.00 bits per heavy atom. The molecule has 0 saturated carbocycles. The van der Waals surface area contributed by atoms with E-state index in [9.17, 15) is 5.11 Å². The van der Waals surface area contributed by atoms with Crippen LogP contribution in [0.3, 0.4) is 0 Å². The van der Waals surface area contributed by atoms with Crippen LogP contribution in [0.4, 0.5) is 0 Å². The molecular weight excluding hydrogens is 236 g/mol. The summed E-state index contributed by atoms with van der Waals surface area (Å²) in [6.45, 7) is 0. The monoisotopic (exact) mass is 248 g/mol. The van der Waals surface area contributed by atoms with E-state index >= 15 is 0 Å². The second-order valence-electron chi connectivity index (χ2n) is 4.13. The summed E-state index contributed by atoms with van der Waals surface area (Å²) < 4.78 is 0. The van der Waals surface area contributed by atoms with Crippen LogP contribution in [0, 0.1) is 0 Å². The summed E-state index contributed by atoms with van der Waals surface area (Å²) in [5.74, 6) is 0.210. The van der Waals surface area contributed by atoms with Gasteiger partial charge in [0.15, 0.2) is 0 Å². The Hall–Kier alpha value is -2.68. The number of pyridine rings is 2. The minimum atomic E-state index is 0.210. The average molecular weight is 248 g/mol. The molecule has 19 heavy (non-hydrogen) atoms. The fourth-order valence-electron chi connectivity index (χ4n) is 2.06. The highest BCUT2D eigenvalue weighted by molar-refractivity contribution is 5.84. The highest BCUT2D eigenvalue weighted by Crippen LogP contribution is 2.36. The van der Waals surface area contributed by atoms with Crippen molar-refractivity contribution < 1.29 is 5.11 Å². The van der Waals surface area contributed by atoms with Crippen molar-refractivity contribution in [1.82, 2.24) is 9.97 Å². The SMILES string of the molecule is Oc1cccc(-c2ccccn2)c1-c1ccccn1. The molecular formula is C16H12N2O. The molecule has 92 valence electrons. The maximum absolute atomic E-state index is 10.1. The number of benzene rings is 1. The van der Waals surface area contributed by atoms with Gasteiger partial charge >= 0.3 is 0 Å². The number of phenols is 1. The van der Waals surface area contributed by atoms with Gasteiger partial charge in [-0.1, -0.05) is 24.3 Å². The summed E-state index contributed by atoms with van der Waals surface area (Å²) in [5, 5.41) is 10.1. The summed E-state index contributed by atoms with van der Waals surface area (Å²) in [5.41, 5.74) is 3.14. The van der Waals surface area contributed by atoms with Crippen molar-refractivity contribution in [1.29, 1.82) is 0 Å². The van der Waals surface area contributed by atoms with Gasteiger partial charge in [0.25, 0.3) is 0 Å². The lowest BCUT2D eigenvalue weighted by molar-refractivity contribution is 0.477. The molecule has 0 bridgehead atoms. The molecule has 2 heterocycles. The Morgan fingerprint density at radius 1 is 0.684 bits per heavy atom. The number of hydrogen-bond acceptors (Lipinski definition) is 3. The maximum atomic E-state index is 10.1. The third-order valence-electron chi connectivity index (χ3n) is 2.90. The van der Waals surface area contributed by atoms with Crippen LogP contribution in [-0.2, 0) is 0 Å². The van der Waals surface area contributed by atoms with Crippen LogP contribution in [0.2, 0.25) is 0 Å². The first-order valence-corrected chi connectivity index (χ1v) is 6.01. The summed E-state index contributed by atoms with van der Waals surface area (Å²) >= 11 is 0. The molecule has 2 aromatic heterocycles. The number of aromatic nitrogens is 2. The quantitative estimate of drug-likeness (QED) is 0.754. The second kappa shape index (κ2) is 4.90. The molecule has 0 spiro atoms. The van der Waals surface area contributed by atoms with E-state index in [-0.39, 0.29) is 5.75 Å². The van der Waals surface area contributed by atoms with Crippen LogP contribution in [0.1, 0.15) is 0 Å². The van der Waals surface area contributed by atoms with Crippen LogP contribution in [0.5, 0.6) is 5.75 Å². The highest BCUT2D eigenvalue weighted by atomic mass is 16.3. The topological polar surface area (TPSA) is 46.0 Å². The number of phenolic OH excluding ortho intramolecular Hbond substituents is 1. The maximum Gasteiger partial charge on any atom is 0.125 e. The van der Waals surface area contributed by atoms with Gasteiger partial charge < -0.3 is 5.11 Å². The highest BCUT2D eigenvalue weighted by Gasteiger charge is 2.13. The Bertz CT molecular complexity index is 682. The molecule has 0 aliphatic carbocycles. The van der Waals surface area contributed by atoms with E-state index in [1.54, 1.807) is 18.5 Å². The summed E-state index contributed by atoms with van der Waals surface area (Å²) in [6.07, 6.45) is 3.45. The van der Waals surface area contributed by atoms with E-state index in [1.807, 2.05) is 48.5 Å². The molecule has 3 rings (SSSR count). The van der Waals surface area contributed by atoms with Crippen LogP contribution in [0.25, 0.3) is 22.5 Å². The van der Waals surface area contributed by atoms with Gasteiger partial charge in [-0.15, -0.1) is 0 Å². The van der Waals surface area contributed by atoms with Gasteiger partial charge in [-0.05, 0) is 30.3 Å². The summed E-state index contributed by atoms with van der Waals surface area (Å²) in [6, 6.07) is 16.7. The fourth-order valence-corrected chi connectivity index (χ4v) is 2.06. The minimum Gasteiger partial charge on any atom is -0.507 e. The minimum absolute atomic E-state index is 0.210. The zero-order valence-electron chi connectivity index (χ0n) is 10.2. The van der Waals surface area contributed by atoms with Crippen molar-refractivity contribution in [3.63, 3.8) is 0 Å². The zero-order valence-corrected chi connectivity index (χ0v) is 10.2. The fraction of sp³-hybridized carbons (Fsp3) is 0. The van der Waals surface area contributed by atoms with E-state index in [1.165, 1.54) is 0 Å². The first-order chi connectivity index (χ1) is 9.36. The van der Waals surface area contributed by atoms with E-state index < -0.39 is 0 Å². The zero-order chi connectivity index (χ0) is 13.1. The van der Waals surface area contributed by atoms with E-state index in [0.717, 1.165) is 17.0 Å². The normalized spacial score (nSPS) is 10.3. The molecule has 0 radical (unpaired) electrons. The summed E-state index contributed by atoms with van der Waals surface area (Å²) in [7, 11) is 0. The molecule has 1 aromatic carbocycles. The Labute approximate surface area is 111 Å². The van der Waals surface area contributed by atoms with Gasteiger partial charge in [-0.25, -0.2) is 0 Å². The Balaban J connectivity index is 2.25. The van der Waals surface area contributed by atoms with Crippen molar-refractivity contribution >= 4 is 0 Å². The van der Waals surface area contributed by atoms with E-state index in [4.69, 9.17) is 0 Å². The van der Waals surface area contributed by atoms with Crippen molar-refractivity contribution in [3.05, 3.63) is 67.0 Å². The Kier molecular flexibility index (Phi) is 2.94. The number of rotatable bonds is 2. The van der Waals surface area contributed by atoms with E-state index in [0.29, 0.717) is 5.56 Å². The summed E-state index contributed by atoms with van der Waals surface area (Å²) in [4.78, 5) is 8.65. The van der Waals surface area contributed by atoms with Gasteiger partial charge in [0.05, 0.1) is 17.0 Å². The smallest absolute Gasteiger partial charge is 0.125 e. The third kappa shape index (κ3) is 2.18. The third-order valence-corrected chi connectivity index (χ3v) is 2.90. The first kappa shape index (κ1) is 11.4. The molecule has 0 saturated heterocycles. The second-order valence-corrected chi connectivity index (χ2v) is 4.13. The van der Waals surface area contributed by atoms with Crippen LogP contribution in [0.15, 0.2) is 67.0 Å². The standard InChI is InChI=1S/C16H12N2O/c19-15-9-5-6-12(13-7-1-3-10-17-13)16(15)14-8-2-4-11-18-14/h1-11,19H. The van der Waals surface area contributed by atoms with Gasteiger partial charge in [-0.2, -0.15) is 0 Å². The van der Waals surface area contributed by atoms with Crippen molar-refractivity contribution in [2.45, 2.75) is 0 Å². The van der Waals surface area contributed by atoms with Crippen LogP contribution >= 0.6 is 0 Å². The van der Waals surface area contributed by atoms with Crippen LogP contribution < -0.4 is 0 Å². The molecule has 3 aromatic rings. The van der Waals surface area contributed by atoms with Crippen molar-refractivity contribution in [2.24, 2.45) is 0 Å². The molecule has 0 atom stereocenters. The molecule has 3 nitrogen and oxygen atoms in total. The first-order valence-electron chi connectivity index (χ1n) is 6.01. The largest absolute Gasteiger partial charge is 0.507 e. The molecule has 3 heteroatoms. The number of hydrogen-bond donors (Lipinski definition) is 1. The Morgan fingerprint density at radius 2 is 1.37 bits per heavy atom. The molecule has 0 aliphatic rings. The molecule has 0 amide bonds. The number of aromatic hydroxyl groups is 1. The predicted molar refractivity (Wildman–Crippen MR) is 74.6 cm³/mol.